The lowest BCUT2D eigenvalue weighted by atomic mass is 11.1. The van der Waals surface area contributed by atoms with Crippen molar-refractivity contribution in [2.24, 2.45) is 0 Å². The minimum Gasteiger partial charge on any atom is -0.591 e. The third-order valence-electron chi connectivity index (χ3n) is 0.516. The van der Waals surface area contributed by atoms with E-state index in [1.165, 1.54) is 0 Å². The van der Waals surface area contributed by atoms with Gasteiger partial charge in [0.1, 0.15) is 0 Å². The standard InChI is InChI=1S/CH4N2O3/c4-2-1-3(5)6-2/h2-3H,1H2. The molecule has 5 nitrogen and oxygen atoms in total. The van der Waals surface area contributed by atoms with Gasteiger partial charge in [-0.1, -0.05) is 0 Å². The summed E-state index contributed by atoms with van der Waals surface area (Å²) in [7, 11) is 0. The van der Waals surface area contributed by atoms with E-state index in [-0.39, 0.29) is 6.67 Å². The van der Waals surface area contributed by atoms with E-state index < -0.39 is 10.5 Å². The predicted octanol–water partition coefficient (Wildman–Crippen LogP) is -3.43. The monoisotopic (exact) mass is 92.0 g/mol. The minimum atomic E-state index is -0.417. The highest BCUT2D eigenvalue weighted by Crippen LogP contribution is 1.40. The summed E-state index contributed by atoms with van der Waals surface area (Å²) >= 11 is 0. The summed E-state index contributed by atoms with van der Waals surface area (Å²) < 4.78 is 0. The molecule has 0 bridgehead atoms. The second-order valence-corrected chi connectivity index (χ2v) is 1.02. The van der Waals surface area contributed by atoms with Crippen molar-refractivity contribution in [3.63, 3.8) is 0 Å². The van der Waals surface area contributed by atoms with Crippen molar-refractivity contribution >= 4 is 0 Å². The number of quaternary nitrogens is 2. The molecule has 6 heavy (non-hydrogen) atoms. The van der Waals surface area contributed by atoms with Gasteiger partial charge in [0.25, 0.3) is 6.67 Å². The van der Waals surface area contributed by atoms with Gasteiger partial charge in [0, 0.05) is 4.94 Å². The van der Waals surface area contributed by atoms with Crippen LogP contribution in [0.1, 0.15) is 0 Å². The quantitative estimate of drug-likeness (QED) is 0.306. The van der Waals surface area contributed by atoms with Gasteiger partial charge in [-0.15, -0.1) is 10.5 Å². The van der Waals surface area contributed by atoms with Crippen LogP contribution in [0.4, 0.5) is 0 Å². The molecule has 1 aliphatic rings. The third-order valence-corrected chi connectivity index (χ3v) is 0.516. The van der Waals surface area contributed by atoms with Crippen LogP contribution in [0, 0.1) is 10.4 Å². The Morgan fingerprint density at radius 2 is 1.67 bits per heavy atom. The molecule has 0 spiro atoms. The summed E-state index contributed by atoms with van der Waals surface area (Å²) in [6.07, 6.45) is 0. The normalized spacial score (nSPS) is 45.0. The Bertz CT molecular complexity index is 44.8. The van der Waals surface area contributed by atoms with Crippen LogP contribution >= 0.6 is 0 Å². The summed E-state index contributed by atoms with van der Waals surface area (Å²) in [6, 6.07) is 0. The molecule has 1 fully saturated rings. The van der Waals surface area contributed by atoms with Crippen molar-refractivity contribution in [3.05, 3.63) is 10.4 Å². The van der Waals surface area contributed by atoms with Gasteiger partial charge < -0.3 is 10.4 Å². The van der Waals surface area contributed by atoms with Gasteiger partial charge in [0.15, 0.2) is 0 Å². The second-order valence-electron chi connectivity index (χ2n) is 1.02. The molecule has 0 amide bonds. The number of nitrogens with one attached hydrogen (secondary N) is 2. The smallest absolute Gasteiger partial charge is 0.273 e. The number of hydrogen-bond acceptors (Lipinski definition) is 3. The van der Waals surface area contributed by atoms with Crippen LogP contribution in [-0.4, -0.2) is 6.67 Å². The van der Waals surface area contributed by atoms with Crippen molar-refractivity contribution in [1.82, 2.24) is 0 Å². The molecule has 0 saturated carbocycles. The van der Waals surface area contributed by atoms with Gasteiger partial charge in [-0.3, -0.25) is 0 Å². The van der Waals surface area contributed by atoms with Gasteiger partial charge in [-0.2, -0.15) is 0 Å². The topological polar surface area (TPSA) is 64.2 Å². The zero-order valence-electron chi connectivity index (χ0n) is 2.93. The molecule has 2 unspecified atom stereocenters. The lowest BCUT2D eigenvalue weighted by molar-refractivity contribution is -1.46. The van der Waals surface area contributed by atoms with Gasteiger partial charge in [-0.05, 0) is 0 Å². The average Bonchev–Trinajstić information content (AvgIpc) is 1.33. The fraction of sp³-hybridized carbons (Fsp3) is 1.00. The van der Waals surface area contributed by atoms with Crippen molar-refractivity contribution in [2.45, 2.75) is 0 Å². The number of hydroxylamine groups is 4. The van der Waals surface area contributed by atoms with Gasteiger partial charge >= 0.3 is 0 Å². The largest absolute Gasteiger partial charge is 0.591 e. The Kier molecular flexibility index (Phi) is 0.754. The molecule has 0 aromatic carbocycles. The maximum absolute atomic E-state index is 9.67. The molecular weight excluding hydrogens is 88.0 g/mol. The molecular formula is CH4N2O3. The highest BCUT2D eigenvalue weighted by Gasteiger charge is 2.20. The van der Waals surface area contributed by atoms with Crippen LogP contribution in [0.25, 0.3) is 0 Å². The summed E-state index contributed by atoms with van der Waals surface area (Å²) in [5.74, 6) is 0. The second kappa shape index (κ2) is 1.14. The van der Waals surface area contributed by atoms with E-state index in [2.05, 4.69) is 4.94 Å². The highest BCUT2D eigenvalue weighted by molar-refractivity contribution is 3.98. The van der Waals surface area contributed by atoms with Crippen molar-refractivity contribution in [1.29, 1.82) is 0 Å². The van der Waals surface area contributed by atoms with Gasteiger partial charge in [0.2, 0.25) is 0 Å². The molecule has 36 valence electrons. The van der Waals surface area contributed by atoms with E-state index in [1.54, 1.807) is 0 Å². The lowest BCUT2D eigenvalue weighted by Crippen LogP contribution is -3.45. The van der Waals surface area contributed by atoms with E-state index in [0.717, 1.165) is 0 Å². The fourth-order valence-electron chi connectivity index (χ4n) is 0.236. The number of hydrogen-bond donors (Lipinski definition) is 2. The maximum Gasteiger partial charge on any atom is 0.273 e. The molecule has 2 atom stereocenters. The first-order valence-corrected chi connectivity index (χ1v) is 1.52. The molecule has 0 radical (unpaired) electrons. The fourth-order valence-corrected chi connectivity index (χ4v) is 0.236. The summed E-state index contributed by atoms with van der Waals surface area (Å²) in [5.41, 5.74) is 0. The minimum absolute atomic E-state index is 0.0278. The molecule has 2 N–H and O–H groups in total. The average molecular weight is 92.1 g/mol. The predicted molar refractivity (Wildman–Crippen MR) is 14.6 cm³/mol. The number of rotatable bonds is 0. The van der Waals surface area contributed by atoms with Crippen LogP contribution in [0.15, 0.2) is 0 Å². The molecule has 0 aromatic heterocycles. The molecule has 5 heteroatoms. The van der Waals surface area contributed by atoms with Crippen molar-refractivity contribution < 1.29 is 15.4 Å². The molecule has 1 heterocycles. The van der Waals surface area contributed by atoms with Crippen LogP contribution < -0.4 is 10.5 Å². The van der Waals surface area contributed by atoms with Crippen LogP contribution in [-0.2, 0) is 4.94 Å². The molecule has 1 aliphatic heterocycles. The molecule has 1 saturated heterocycles. The Balaban J connectivity index is 2.11. The highest BCUT2D eigenvalue weighted by atomic mass is 17.1. The molecule has 0 aromatic rings. The first kappa shape index (κ1) is 3.97. The first-order valence-electron chi connectivity index (χ1n) is 1.52. The van der Waals surface area contributed by atoms with Gasteiger partial charge in [0.05, 0.1) is 0 Å². The lowest BCUT2D eigenvalue weighted by Gasteiger charge is -2.32. The Hall–Kier alpha value is -0.200. The van der Waals surface area contributed by atoms with E-state index in [0.29, 0.717) is 0 Å². The summed E-state index contributed by atoms with van der Waals surface area (Å²) in [6.45, 7) is -0.0278. The Labute approximate surface area is 33.8 Å². The van der Waals surface area contributed by atoms with E-state index in [1.807, 2.05) is 0 Å². The van der Waals surface area contributed by atoms with Gasteiger partial charge in [-0.25, -0.2) is 0 Å². The summed E-state index contributed by atoms with van der Waals surface area (Å²) in [5, 5.41) is 18.5. The van der Waals surface area contributed by atoms with Crippen LogP contribution in [0.2, 0.25) is 0 Å². The zero-order valence-corrected chi connectivity index (χ0v) is 2.93. The zero-order chi connectivity index (χ0) is 4.57. The SMILES string of the molecule is [O-][NH+]1C[NH+]([O-])O1. The van der Waals surface area contributed by atoms with E-state index in [4.69, 9.17) is 0 Å². The Morgan fingerprint density at radius 1 is 1.33 bits per heavy atom. The third kappa shape index (κ3) is 0.490. The van der Waals surface area contributed by atoms with Crippen molar-refractivity contribution in [3.8, 4) is 0 Å². The van der Waals surface area contributed by atoms with Crippen LogP contribution in [0.3, 0.4) is 0 Å². The molecule has 1 rings (SSSR count). The van der Waals surface area contributed by atoms with E-state index in [9.17, 15) is 10.4 Å². The van der Waals surface area contributed by atoms with Crippen LogP contribution in [0.5, 0.6) is 0 Å². The summed E-state index contributed by atoms with van der Waals surface area (Å²) in [4.78, 5) is 3.86. The van der Waals surface area contributed by atoms with E-state index >= 15 is 0 Å². The van der Waals surface area contributed by atoms with Crippen molar-refractivity contribution in [2.75, 3.05) is 6.67 Å². The molecule has 0 aliphatic carbocycles. The first-order chi connectivity index (χ1) is 2.79. The maximum atomic E-state index is 9.67. The Morgan fingerprint density at radius 3 is 1.67 bits per heavy atom.